The summed E-state index contributed by atoms with van der Waals surface area (Å²) in [6, 6.07) is 0. The Morgan fingerprint density at radius 3 is 2.04 bits per heavy atom. The predicted molar refractivity (Wildman–Crippen MR) is 120 cm³/mol. The molecule has 0 aromatic rings. The number of aliphatic hydroxyl groups is 3. The molecule has 0 aliphatic carbocycles. The van der Waals surface area contributed by atoms with Crippen LogP contribution in [0.1, 0.15) is 97.3 Å². The Morgan fingerprint density at radius 1 is 0.926 bits per heavy atom. The molecule has 0 heterocycles. The van der Waals surface area contributed by atoms with Crippen molar-refractivity contribution in [2.24, 2.45) is 0 Å². The van der Waals surface area contributed by atoms with Crippen LogP contribution in [0.5, 0.6) is 0 Å². The topological polar surface area (TPSA) is 77.8 Å². The summed E-state index contributed by atoms with van der Waals surface area (Å²) in [7, 11) is 0. The highest BCUT2D eigenvalue weighted by Crippen LogP contribution is 2.35. The van der Waals surface area contributed by atoms with Crippen molar-refractivity contribution < 1.29 is 20.1 Å². The minimum absolute atomic E-state index is 0.206. The van der Waals surface area contributed by atoms with E-state index in [1.807, 2.05) is 0 Å². The van der Waals surface area contributed by atoms with Crippen molar-refractivity contribution in [2.45, 2.75) is 114 Å². The Morgan fingerprint density at radius 2 is 1.52 bits per heavy atom. The van der Waals surface area contributed by atoms with Gasteiger partial charge in [-0.05, 0) is 37.9 Å². The lowest BCUT2D eigenvalue weighted by Crippen LogP contribution is -2.61. The molecular formula is C21H42O4S2. The van der Waals surface area contributed by atoms with Gasteiger partial charge < -0.3 is 15.3 Å². The molecule has 162 valence electrons. The number of carbonyl (C=O) groups is 1. The molecule has 4 nitrogen and oxygen atoms in total. The van der Waals surface area contributed by atoms with Crippen LogP contribution < -0.4 is 0 Å². The van der Waals surface area contributed by atoms with Crippen molar-refractivity contribution >= 4 is 31.0 Å². The Kier molecular flexibility index (Phi) is 15.3. The smallest absolute Gasteiger partial charge is 0.167 e. The van der Waals surface area contributed by atoms with E-state index < -0.39 is 17.8 Å². The van der Waals surface area contributed by atoms with Crippen molar-refractivity contribution in [3.63, 3.8) is 0 Å². The van der Waals surface area contributed by atoms with E-state index >= 15 is 0 Å². The number of hydrogen-bond acceptors (Lipinski definition) is 6. The van der Waals surface area contributed by atoms with Crippen LogP contribution in [0.4, 0.5) is 0 Å². The summed E-state index contributed by atoms with van der Waals surface area (Å²) in [6.45, 7) is 3.52. The first-order chi connectivity index (χ1) is 12.8. The molecule has 0 rings (SSSR count). The zero-order valence-corrected chi connectivity index (χ0v) is 19.1. The molecule has 3 atom stereocenters. The molecule has 0 radical (unpaired) electrons. The van der Waals surface area contributed by atoms with Crippen LogP contribution in [0.2, 0.25) is 0 Å². The molecule has 6 heteroatoms. The van der Waals surface area contributed by atoms with Gasteiger partial charge in [0.25, 0.3) is 0 Å². The molecule has 0 saturated heterocycles. The molecule has 0 amide bonds. The molecule has 3 N–H and O–H groups in total. The number of aliphatic hydroxyl groups excluding tert-OH is 1. The van der Waals surface area contributed by atoms with Crippen molar-refractivity contribution in [1.82, 2.24) is 0 Å². The third-order valence-electron chi connectivity index (χ3n) is 5.48. The lowest BCUT2D eigenvalue weighted by molar-refractivity contribution is -0.190. The molecule has 0 spiro atoms. The van der Waals surface area contributed by atoms with Crippen LogP contribution in [0.15, 0.2) is 0 Å². The summed E-state index contributed by atoms with van der Waals surface area (Å²) in [5, 5.41) is 32.4. The highest BCUT2D eigenvalue weighted by atomic mass is 32.1. The Labute approximate surface area is 177 Å². The number of rotatable bonds is 18. The summed E-state index contributed by atoms with van der Waals surface area (Å²) in [5.74, 6) is 0.461. The standard InChI is InChI=1S/C21H42O4S2/c1-3-5-9-14-20(24,17-22)21(25,15-10-6-4-2)19(23)12-8-7-11-18(27)13-16-26/h18,22,24-27H,3-17H2,1-2H3/t18?,20-,21?/m0/s1. The van der Waals surface area contributed by atoms with Crippen molar-refractivity contribution in [2.75, 3.05) is 12.4 Å². The van der Waals surface area contributed by atoms with Crippen molar-refractivity contribution in [3.8, 4) is 0 Å². The fourth-order valence-electron chi connectivity index (χ4n) is 3.51. The molecule has 0 saturated carbocycles. The first kappa shape index (κ1) is 27.2. The molecule has 0 aromatic heterocycles. The Bertz CT molecular complexity index is 394. The predicted octanol–water partition coefficient (Wildman–Crippen LogP) is 4.35. The van der Waals surface area contributed by atoms with E-state index in [1.165, 1.54) is 0 Å². The summed E-state index contributed by atoms with van der Waals surface area (Å²) >= 11 is 8.71. The number of ketones is 1. The Hall–Kier alpha value is 0.250. The second kappa shape index (κ2) is 15.1. The van der Waals surface area contributed by atoms with Gasteiger partial charge in [0.05, 0.1) is 6.61 Å². The number of hydrogen-bond donors (Lipinski definition) is 5. The summed E-state index contributed by atoms with van der Waals surface area (Å²) < 4.78 is 0. The lowest BCUT2D eigenvalue weighted by Gasteiger charge is -2.42. The number of thiol groups is 2. The van der Waals surface area contributed by atoms with E-state index in [1.54, 1.807) is 0 Å². The highest BCUT2D eigenvalue weighted by molar-refractivity contribution is 7.81. The van der Waals surface area contributed by atoms with Crippen LogP contribution in [0.3, 0.4) is 0 Å². The molecule has 0 aliphatic heterocycles. The maximum absolute atomic E-state index is 12.9. The molecule has 2 unspecified atom stereocenters. The van der Waals surface area contributed by atoms with Crippen LogP contribution in [0, 0.1) is 0 Å². The van der Waals surface area contributed by atoms with Gasteiger partial charge in [0.15, 0.2) is 11.4 Å². The fraction of sp³-hybridized carbons (Fsp3) is 0.952. The van der Waals surface area contributed by atoms with Crippen molar-refractivity contribution in [3.05, 3.63) is 0 Å². The minimum atomic E-state index is -1.86. The van der Waals surface area contributed by atoms with Gasteiger partial charge in [-0.25, -0.2) is 0 Å². The quantitative estimate of drug-likeness (QED) is 0.168. The van der Waals surface area contributed by atoms with Gasteiger partial charge in [-0.15, -0.1) is 0 Å². The van der Waals surface area contributed by atoms with E-state index in [0.29, 0.717) is 19.3 Å². The molecule has 0 bridgehead atoms. The van der Waals surface area contributed by atoms with Gasteiger partial charge in [-0.2, -0.15) is 25.3 Å². The molecule has 0 aromatic carbocycles. The van der Waals surface area contributed by atoms with Crippen LogP contribution >= 0.6 is 25.3 Å². The summed E-state index contributed by atoms with van der Waals surface area (Å²) in [6.07, 6.45) is 9.09. The summed E-state index contributed by atoms with van der Waals surface area (Å²) in [5.41, 5.74) is -3.62. The molecule has 27 heavy (non-hydrogen) atoms. The van der Waals surface area contributed by atoms with Gasteiger partial charge in [0, 0.05) is 11.7 Å². The van der Waals surface area contributed by atoms with E-state index in [9.17, 15) is 20.1 Å². The third kappa shape index (κ3) is 9.53. The second-order valence-electron chi connectivity index (χ2n) is 7.80. The van der Waals surface area contributed by atoms with Gasteiger partial charge in [0.2, 0.25) is 0 Å². The maximum Gasteiger partial charge on any atom is 0.167 e. The third-order valence-corrected chi connectivity index (χ3v) is 6.26. The zero-order chi connectivity index (χ0) is 20.8. The maximum atomic E-state index is 12.9. The largest absolute Gasteiger partial charge is 0.393 e. The monoisotopic (exact) mass is 422 g/mol. The van der Waals surface area contributed by atoms with Crippen LogP contribution in [-0.4, -0.2) is 49.9 Å². The minimum Gasteiger partial charge on any atom is -0.393 e. The number of Topliss-reactive ketones (excluding diaryl/α,β-unsaturated/α-hetero) is 1. The molecular weight excluding hydrogens is 380 g/mol. The number of carbonyl (C=O) groups excluding carboxylic acids is 1. The van der Waals surface area contributed by atoms with Gasteiger partial charge in [-0.3, -0.25) is 4.79 Å². The first-order valence-corrected chi connectivity index (χ1v) is 11.8. The van der Waals surface area contributed by atoms with Crippen molar-refractivity contribution in [1.29, 1.82) is 0 Å². The average Bonchev–Trinajstić information content (AvgIpc) is 2.65. The van der Waals surface area contributed by atoms with E-state index in [-0.39, 0.29) is 30.3 Å². The van der Waals surface area contributed by atoms with Gasteiger partial charge in [0.1, 0.15) is 5.60 Å². The normalized spacial score (nSPS) is 17.3. The van der Waals surface area contributed by atoms with Crippen LogP contribution in [0.25, 0.3) is 0 Å². The SMILES string of the molecule is CCCCCC(O)(C(=O)CCCCC(S)CCS)[C@@](O)(CO)CCCCC. The Balaban J connectivity index is 4.97. The first-order valence-electron chi connectivity index (χ1n) is 10.7. The second-order valence-corrected chi connectivity index (χ2v) is 8.98. The highest BCUT2D eigenvalue weighted by Gasteiger charge is 2.52. The zero-order valence-electron chi connectivity index (χ0n) is 17.3. The lowest BCUT2D eigenvalue weighted by atomic mass is 9.72. The van der Waals surface area contributed by atoms with Gasteiger partial charge >= 0.3 is 0 Å². The van der Waals surface area contributed by atoms with Crippen LogP contribution in [-0.2, 0) is 4.79 Å². The molecule has 0 aliphatic rings. The number of unbranched alkanes of at least 4 members (excludes halogenated alkanes) is 5. The summed E-state index contributed by atoms with van der Waals surface area (Å²) in [4.78, 5) is 12.9. The fourth-order valence-corrected chi connectivity index (χ4v) is 4.34. The van der Waals surface area contributed by atoms with E-state index in [0.717, 1.165) is 50.7 Å². The molecule has 0 fully saturated rings. The average molecular weight is 423 g/mol. The van der Waals surface area contributed by atoms with E-state index in [2.05, 4.69) is 39.1 Å². The van der Waals surface area contributed by atoms with E-state index in [4.69, 9.17) is 0 Å². The van der Waals surface area contributed by atoms with Gasteiger partial charge in [-0.1, -0.05) is 58.8 Å².